The van der Waals surface area contributed by atoms with Crippen molar-refractivity contribution in [1.29, 1.82) is 0 Å². The van der Waals surface area contributed by atoms with Gasteiger partial charge in [-0.15, -0.1) is 8.78 Å². The van der Waals surface area contributed by atoms with E-state index in [1.165, 1.54) is 24.3 Å². The minimum absolute atomic E-state index is 0.107. The molecule has 1 saturated heterocycles. The Labute approximate surface area is 189 Å². The van der Waals surface area contributed by atoms with Crippen molar-refractivity contribution in [2.75, 3.05) is 23.3 Å². The van der Waals surface area contributed by atoms with Crippen molar-refractivity contribution in [3.05, 3.63) is 59.8 Å². The first-order chi connectivity index (χ1) is 15.2. The standard InChI is InChI=1S/C23H23ClF2N4O2/c1-14-9-10-30(13-14)21-8-3-16(12-19(21)20-11-15(2)28-29-20)22(31)27-17-4-6-18(7-5-17)32-23(24,25)26/h3-8,11-12,14H,9-10,13H2,1-2H3,(H,27,31)(H,28,29)/t14-/m1/s1. The molecule has 1 aromatic heterocycles. The van der Waals surface area contributed by atoms with Crippen LogP contribution in [0.4, 0.5) is 20.2 Å². The van der Waals surface area contributed by atoms with Crippen molar-refractivity contribution >= 4 is 28.9 Å². The molecule has 1 aliphatic rings. The van der Waals surface area contributed by atoms with E-state index in [2.05, 4.69) is 32.1 Å². The Morgan fingerprint density at radius 3 is 2.59 bits per heavy atom. The van der Waals surface area contributed by atoms with Gasteiger partial charge in [0.1, 0.15) is 5.75 Å². The largest absolute Gasteiger partial charge is 0.487 e. The maximum Gasteiger partial charge on any atom is 0.487 e. The Morgan fingerprint density at radius 2 is 2.00 bits per heavy atom. The molecule has 1 amide bonds. The minimum atomic E-state index is -3.79. The molecule has 2 heterocycles. The monoisotopic (exact) mass is 460 g/mol. The van der Waals surface area contributed by atoms with E-state index >= 15 is 0 Å². The molecular weight excluding hydrogens is 438 g/mol. The minimum Gasteiger partial charge on any atom is -0.420 e. The number of anilines is 2. The lowest BCUT2D eigenvalue weighted by atomic mass is 10.0. The van der Waals surface area contributed by atoms with Gasteiger partial charge in [-0.05, 0) is 67.8 Å². The molecule has 1 fully saturated rings. The number of nitrogens with zero attached hydrogens (tertiary/aromatic N) is 2. The Balaban J connectivity index is 1.57. The number of carbonyl (C=O) groups is 1. The van der Waals surface area contributed by atoms with E-state index in [1.807, 2.05) is 25.1 Å². The van der Waals surface area contributed by atoms with Crippen LogP contribution in [0.3, 0.4) is 0 Å². The quantitative estimate of drug-likeness (QED) is 0.466. The van der Waals surface area contributed by atoms with E-state index in [-0.39, 0.29) is 11.7 Å². The van der Waals surface area contributed by atoms with Gasteiger partial charge in [-0.2, -0.15) is 5.10 Å². The Bertz CT molecular complexity index is 1110. The molecule has 6 nitrogen and oxygen atoms in total. The average Bonchev–Trinajstić information content (AvgIpc) is 3.36. The van der Waals surface area contributed by atoms with Crippen LogP contribution in [-0.2, 0) is 0 Å². The number of nitrogens with one attached hydrogen (secondary N) is 2. The van der Waals surface area contributed by atoms with Gasteiger partial charge in [-0.3, -0.25) is 9.89 Å². The highest BCUT2D eigenvalue weighted by Crippen LogP contribution is 2.34. The lowest BCUT2D eigenvalue weighted by Crippen LogP contribution is -2.20. The molecule has 0 saturated carbocycles. The molecule has 32 heavy (non-hydrogen) atoms. The Hall–Kier alpha value is -3.13. The summed E-state index contributed by atoms with van der Waals surface area (Å²) in [5.74, 6) is 0.185. The van der Waals surface area contributed by atoms with E-state index in [0.717, 1.165) is 42.1 Å². The summed E-state index contributed by atoms with van der Waals surface area (Å²) in [5, 5.41) is 10.0. The molecule has 168 valence electrons. The zero-order valence-electron chi connectivity index (χ0n) is 17.7. The van der Waals surface area contributed by atoms with Gasteiger partial charge in [0.2, 0.25) is 0 Å². The molecule has 0 radical (unpaired) electrons. The number of halogens is 3. The molecule has 3 aromatic rings. The fourth-order valence-corrected chi connectivity index (χ4v) is 3.91. The second kappa shape index (κ2) is 8.78. The zero-order chi connectivity index (χ0) is 22.9. The number of aromatic nitrogens is 2. The second-order valence-corrected chi connectivity index (χ2v) is 8.46. The molecule has 0 unspecified atom stereocenters. The van der Waals surface area contributed by atoms with Crippen molar-refractivity contribution in [3.8, 4) is 17.0 Å². The number of benzene rings is 2. The highest BCUT2D eigenvalue weighted by Gasteiger charge is 2.27. The molecule has 1 atom stereocenters. The third-order valence-electron chi connectivity index (χ3n) is 5.37. The fourth-order valence-electron chi connectivity index (χ4n) is 3.83. The first-order valence-corrected chi connectivity index (χ1v) is 10.6. The van der Waals surface area contributed by atoms with Crippen molar-refractivity contribution < 1.29 is 18.3 Å². The SMILES string of the molecule is Cc1cc(-c2cc(C(=O)Nc3ccc(OC(F)(F)Cl)cc3)ccc2N2CC[C@@H](C)C2)[nH]n1. The van der Waals surface area contributed by atoms with Crippen LogP contribution in [0.25, 0.3) is 11.3 Å². The maximum atomic E-state index is 12.9. The number of hydrogen-bond donors (Lipinski definition) is 2. The third-order valence-corrected chi connectivity index (χ3v) is 5.44. The molecule has 0 bridgehead atoms. The number of alkyl halides is 3. The average molecular weight is 461 g/mol. The summed E-state index contributed by atoms with van der Waals surface area (Å²) in [5.41, 5.74) is 0.780. The summed E-state index contributed by atoms with van der Waals surface area (Å²) in [7, 11) is 0. The summed E-state index contributed by atoms with van der Waals surface area (Å²) in [6, 6.07) is 13.1. The van der Waals surface area contributed by atoms with E-state index < -0.39 is 5.57 Å². The molecular formula is C23H23ClF2N4O2. The van der Waals surface area contributed by atoms with Crippen molar-refractivity contribution in [2.45, 2.75) is 25.8 Å². The number of hydrogen-bond acceptors (Lipinski definition) is 4. The smallest absolute Gasteiger partial charge is 0.420 e. The number of carbonyl (C=O) groups excluding carboxylic acids is 1. The highest BCUT2D eigenvalue weighted by molar-refractivity contribution is 6.20. The normalized spacial score (nSPS) is 16.3. The van der Waals surface area contributed by atoms with Gasteiger partial charge in [0.15, 0.2) is 0 Å². The van der Waals surface area contributed by atoms with Gasteiger partial charge < -0.3 is 15.0 Å². The third kappa shape index (κ3) is 5.19. The predicted molar refractivity (Wildman–Crippen MR) is 121 cm³/mol. The number of H-pyrrole nitrogens is 1. The summed E-state index contributed by atoms with van der Waals surface area (Å²) in [6.07, 6.45) is 1.12. The Kier molecular flexibility index (Phi) is 6.06. The molecule has 1 aliphatic heterocycles. The van der Waals surface area contributed by atoms with E-state index in [9.17, 15) is 13.6 Å². The molecule has 0 aliphatic carbocycles. The van der Waals surface area contributed by atoms with Crippen molar-refractivity contribution in [1.82, 2.24) is 10.2 Å². The summed E-state index contributed by atoms with van der Waals surface area (Å²) in [6.45, 7) is 6.05. The zero-order valence-corrected chi connectivity index (χ0v) is 18.4. The van der Waals surface area contributed by atoms with Crippen LogP contribution >= 0.6 is 11.6 Å². The number of aromatic amines is 1. The second-order valence-electron chi connectivity index (χ2n) is 8.02. The van der Waals surface area contributed by atoms with Gasteiger partial charge in [0.05, 0.1) is 11.4 Å². The lowest BCUT2D eigenvalue weighted by Gasteiger charge is -2.22. The van der Waals surface area contributed by atoms with Gasteiger partial charge in [-0.1, -0.05) is 6.92 Å². The molecule has 4 rings (SSSR count). The topological polar surface area (TPSA) is 70.2 Å². The lowest BCUT2D eigenvalue weighted by molar-refractivity contribution is -0.0964. The summed E-state index contributed by atoms with van der Waals surface area (Å²) >= 11 is 4.77. The first kappa shape index (κ1) is 22.1. The first-order valence-electron chi connectivity index (χ1n) is 10.3. The van der Waals surface area contributed by atoms with Crippen molar-refractivity contribution in [3.63, 3.8) is 0 Å². The van der Waals surface area contributed by atoms with Crippen LogP contribution in [0.5, 0.6) is 5.75 Å². The summed E-state index contributed by atoms with van der Waals surface area (Å²) < 4.78 is 29.8. The molecule has 0 spiro atoms. The van der Waals surface area contributed by atoms with Crippen LogP contribution in [0.15, 0.2) is 48.5 Å². The maximum absolute atomic E-state index is 12.9. The molecule has 2 N–H and O–H groups in total. The van der Waals surface area contributed by atoms with Crippen LogP contribution in [-0.4, -0.2) is 34.8 Å². The van der Waals surface area contributed by atoms with E-state index in [4.69, 9.17) is 11.6 Å². The number of ether oxygens (including phenoxy) is 1. The molecule has 9 heteroatoms. The predicted octanol–water partition coefficient (Wildman–Crippen LogP) is 5.65. The number of rotatable bonds is 6. The van der Waals surface area contributed by atoms with Gasteiger partial charge in [0.25, 0.3) is 5.91 Å². The van der Waals surface area contributed by atoms with Crippen LogP contribution in [0, 0.1) is 12.8 Å². The van der Waals surface area contributed by atoms with Gasteiger partial charge >= 0.3 is 5.57 Å². The van der Waals surface area contributed by atoms with Crippen LogP contribution in [0.2, 0.25) is 0 Å². The highest BCUT2D eigenvalue weighted by atomic mass is 35.5. The summed E-state index contributed by atoms with van der Waals surface area (Å²) in [4.78, 5) is 15.2. The van der Waals surface area contributed by atoms with Crippen LogP contribution in [0.1, 0.15) is 29.4 Å². The fraction of sp³-hybridized carbons (Fsp3) is 0.304. The number of aryl methyl sites for hydroxylation is 1. The van der Waals surface area contributed by atoms with E-state index in [1.54, 1.807) is 6.07 Å². The number of amides is 1. The Morgan fingerprint density at radius 1 is 1.25 bits per heavy atom. The van der Waals surface area contributed by atoms with E-state index in [0.29, 0.717) is 17.2 Å². The van der Waals surface area contributed by atoms with Gasteiger partial charge in [-0.25, -0.2) is 0 Å². The molecule has 2 aromatic carbocycles. The van der Waals surface area contributed by atoms with Crippen LogP contribution < -0.4 is 15.0 Å². The van der Waals surface area contributed by atoms with Crippen molar-refractivity contribution in [2.24, 2.45) is 5.92 Å². The van der Waals surface area contributed by atoms with Gasteiger partial charge in [0, 0.05) is 47.2 Å².